The molecule has 2 aliphatic carbocycles. The van der Waals surface area contributed by atoms with Crippen LogP contribution in [-0.2, 0) is 32.4 Å². The molecule has 0 bridgehead atoms. The van der Waals surface area contributed by atoms with Gasteiger partial charge >= 0.3 is 5.97 Å². The fraction of sp³-hybridized carbons (Fsp3) is 0.480. The second kappa shape index (κ2) is 9.63. The van der Waals surface area contributed by atoms with Crippen molar-refractivity contribution in [1.82, 2.24) is 4.72 Å². The number of fused-ring (bicyclic) bond motifs is 2. The van der Waals surface area contributed by atoms with E-state index < -0.39 is 16.0 Å². The lowest BCUT2D eigenvalue weighted by Crippen LogP contribution is -2.32. The monoisotopic (exact) mass is 457 g/mol. The fourth-order valence-corrected chi connectivity index (χ4v) is 6.33. The Morgan fingerprint density at radius 3 is 2.56 bits per heavy atom. The summed E-state index contributed by atoms with van der Waals surface area (Å²) in [6.07, 6.45) is 6.02. The smallest absolute Gasteiger partial charge is 0.306 e. The minimum Gasteiger partial charge on any atom is -0.494 e. The van der Waals surface area contributed by atoms with E-state index in [1.54, 1.807) is 12.1 Å². The zero-order valence-corrected chi connectivity index (χ0v) is 19.1. The number of ether oxygens (including phenoxy) is 1. The largest absolute Gasteiger partial charge is 0.494 e. The summed E-state index contributed by atoms with van der Waals surface area (Å²) < 4.78 is 33.0. The van der Waals surface area contributed by atoms with Gasteiger partial charge in [-0.1, -0.05) is 36.4 Å². The molecule has 1 spiro atoms. The minimum absolute atomic E-state index is 0.0235. The van der Waals surface area contributed by atoms with Gasteiger partial charge in [-0.2, -0.15) is 0 Å². The second-order valence-corrected chi connectivity index (χ2v) is 10.9. The number of hydrogen-bond acceptors (Lipinski definition) is 4. The molecule has 2 N–H and O–H groups in total. The predicted octanol–water partition coefficient (Wildman–Crippen LogP) is 4.03. The van der Waals surface area contributed by atoms with Crippen LogP contribution in [0.2, 0.25) is 0 Å². The maximum atomic E-state index is 12.2. The third-order valence-electron chi connectivity index (χ3n) is 6.93. The molecule has 32 heavy (non-hydrogen) atoms. The van der Waals surface area contributed by atoms with E-state index in [0.717, 1.165) is 49.8 Å². The number of aryl methyl sites for hydroxylation is 1. The molecule has 0 amide bonds. The summed E-state index contributed by atoms with van der Waals surface area (Å²) >= 11 is 0. The van der Waals surface area contributed by atoms with E-state index in [1.807, 2.05) is 24.3 Å². The standard InChI is InChI=1S/C25H31NO5S/c27-24(28)21-10-13-25(14-11-21)12-9-20-7-8-22(17-23(20)25)31-16-4-15-26-32(29,30)18-19-5-2-1-3-6-19/h1-3,5-8,17,21,26H,4,9-16,18H2,(H,27,28). The molecule has 0 saturated heterocycles. The van der Waals surface area contributed by atoms with Crippen LogP contribution in [0.3, 0.4) is 0 Å². The highest BCUT2D eigenvalue weighted by Gasteiger charge is 2.43. The maximum absolute atomic E-state index is 12.2. The average molecular weight is 458 g/mol. The van der Waals surface area contributed by atoms with Crippen molar-refractivity contribution in [2.24, 2.45) is 5.92 Å². The number of carboxylic acid groups (broad SMARTS) is 1. The third-order valence-corrected chi connectivity index (χ3v) is 8.29. The lowest BCUT2D eigenvalue weighted by Gasteiger charge is -2.37. The van der Waals surface area contributed by atoms with E-state index in [9.17, 15) is 18.3 Å². The number of nitrogens with one attached hydrogen (secondary N) is 1. The molecule has 7 heteroatoms. The van der Waals surface area contributed by atoms with Gasteiger partial charge in [0.05, 0.1) is 18.3 Å². The molecule has 4 rings (SSSR count). The van der Waals surface area contributed by atoms with Gasteiger partial charge in [0, 0.05) is 6.54 Å². The molecule has 0 unspecified atom stereocenters. The first kappa shape index (κ1) is 22.8. The van der Waals surface area contributed by atoms with Crippen LogP contribution < -0.4 is 9.46 Å². The molecule has 0 heterocycles. The fourth-order valence-electron chi connectivity index (χ4n) is 5.14. The van der Waals surface area contributed by atoms with E-state index >= 15 is 0 Å². The molecule has 0 radical (unpaired) electrons. The van der Waals surface area contributed by atoms with Gasteiger partial charge in [-0.25, -0.2) is 13.1 Å². The van der Waals surface area contributed by atoms with Gasteiger partial charge in [-0.3, -0.25) is 4.79 Å². The molecule has 6 nitrogen and oxygen atoms in total. The quantitative estimate of drug-likeness (QED) is 0.555. The Hall–Kier alpha value is -2.38. The van der Waals surface area contributed by atoms with Crippen molar-refractivity contribution < 1.29 is 23.1 Å². The van der Waals surface area contributed by atoms with Crippen LogP contribution in [0.25, 0.3) is 0 Å². The summed E-state index contributed by atoms with van der Waals surface area (Å²) in [7, 11) is -3.36. The van der Waals surface area contributed by atoms with Crippen molar-refractivity contribution in [1.29, 1.82) is 0 Å². The molecule has 0 aliphatic heterocycles. The molecular formula is C25H31NO5S. The van der Waals surface area contributed by atoms with E-state index in [-0.39, 0.29) is 17.1 Å². The lowest BCUT2D eigenvalue weighted by atomic mass is 9.67. The highest BCUT2D eigenvalue weighted by molar-refractivity contribution is 7.88. The van der Waals surface area contributed by atoms with Gasteiger partial charge in [-0.05, 0) is 79.2 Å². The van der Waals surface area contributed by atoms with E-state index in [4.69, 9.17) is 4.74 Å². The van der Waals surface area contributed by atoms with Crippen molar-refractivity contribution in [2.45, 2.75) is 56.1 Å². The summed E-state index contributed by atoms with van der Waals surface area (Å²) in [5.74, 6) is -0.105. The molecule has 0 aromatic heterocycles. The lowest BCUT2D eigenvalue weighted by molar-refractivity contribution is -0.143. The first-order chi connectivity index (χ1) is 15.4. The predicted molar refractivity (Wildman–Crippen MR) is 123 cm³/mol. The van der Waals surface area contributed by atoms with E-state index in [1.165, 1.54) is 11.1 Å². The molecule has 2 aliphatic rings. The van der Waals surface area contributed by atoms with Crippen molar-refractivity contribution in [3.05, 3.63) is 65.2 Å². The number of hydrogen-bond donors (Lipinski definition) is 2. The summed E-state index contributed by atoms with van der Waals surface area (Å²) in [6, 6.07) is 15.4. The van der Waals surface area contributed by atoms with Gasteiger partial charge in [0.25, 0.3) is 0 Å². The zero-order valence-electron chi connectivity index (χ0n) is 18.3. The number of carbonyl (C=O) groups is 1. The van der Waals surface area contributed by atoms with Crippen LogP contribution in [0, 0.1) is 5.92 Å². The van der Waals surface area contributed by atoms with Crippen molar-refractivity contribution in [3.8, 4) is 5.75 Å². The van der Waals surface area contributed by atoms with Gasteiger partial charge in [0.1, 0.15) is 5.75 Å². The molecule has 1 fully saturated rings. The van der Waals surface area contributed by atoms with Gasteiger partial charge in [0.15, 0.2) is 0 Å². The first-order valence-electron chi connectivity index (χ1n) is 11.4. The van der Waals surface area contributed by atoms with Gasteiger partial charge in [0.2, 0.25) is 10.0 Å². The Morgan fingerprint density at radius 1 is 1.09 bits per heavy atom. The highest BCUT2D eigenvalue weighted by atomic mass is 32.2. The number of sulfonamides is 1. The molecule has 172 valence electrons. The summed E-state index contributed by atoms with van der Waals surface area (Å²) in [5, 5.41) is 9.31. The zero-order chi connectivity index (χ0) is 22.6. The normalized spacial score (nSPS) is 22.6. The Balaban J connectivity index is 1.27. The van der Waals surface area contributed by atoms with Crippen molar-refractivity contribution in [3.63, 3.8) is 0 Å². The Morgan fingerprint density at radius 2 is 1.84 bits per heavy atom. The SMILES string of the molecule is O=C(O)C1CCC2(CCc3ccc(OCCCNS(=O)(=O)Cc4ccccc4)cc32)CC1. The number of rotatable bonds is 9. The summed E-state index contributed by atoms with van der Waals surface area (Å²) in [4.78, 5) is 11.3. The molecule has 1 saturated carbocycles. The van der Waals surface area contributed by atoms with Crippen LogP contribution >= 0.6 is 0 Å². The molecular weight excluding hydrogens is 426 g/mol. The van der Waals surface area contributed by atoms with Crippen LogP contribution in [0.1, 0.15) is 55.2 Å². The Bertz CT molecular complexity index is 1040. The van der Waals surface area contributed by atoms with Crippen LogP contribution in [0.5, 0.6) is 5.75 Å². The number of carboxylic acids is 1. The third kappa shape index (κ3) is 5.33. The highest BCUT2D eigenvalue weighted by Crippen LogP contribution is 2.50. The van der Waals surface area contributed by atoms with Crippen LogP contribution in [0.4, 0.5) is 0 Å². The van der Waals surface area contributed by atoms with Gasteiger partial charge in [-0.15, -0.1) is 0 Å². The molecule has 0 atom stereocenters. The first-order valence-corrected chi connectivity index (χ1v) is 13.0. The van der Waals surface area contributed by atoms with E-state index in [0.29, 0.717) is 19.6 Å². The van der Waals surface area contributed by atoms with E-state index in [2.05, 4.69) is 16.9 Å². The number of benzene rings is 2. The van der Waals surface area contributed by atoms with Crippen LogP contribution in [0.15, 0.2) is 48.5 Å². The summed E-state index contributed by atoms with van der Waals surface area (Å²) in [5.41, 5.74) is 3.52. The maximum Gasteiger partial charge on any atom is 0.306 e. The number of aliphatic carboxylic acids is 1. The van der Waals surface area contributed by atoms with Crippen molar-refractivity contribution in [2.75, 3.05) is 13.2 Å². The topological polar surface area (TPSA) is 92.7 Å². The summed E-state index contributed by atoms with van der Waals surface area (Å²) in [6.45, 7) is 0.765. The average Bonchev–Trinajstić information content (AvgIpc) is 3.11. The molecule has 2 aromatic rings. The van der Waals surface area contributed by atoms with Crippen LogP contribution in [-0.4, -0.2) is 32.6 Å². The Kier molecular flexibility index (Phi) is 6.86. The molecule has 2 aromatic carbocycles. The second-order valence-electron chi connectivity index (χ2n) is 9.05. The minimum atomic E-state index is -3.36. The van der Waals surface area contributed by atoms with Gasteiger partial charge < -0.3 is 9.84 Å². The Labute approximate surface area is 190 Å². The van der Waals surface area contributed by atoms with Crippen molar-refractivity contribution >= 4 is 16.0 Å².